The Morgan fingerprint density at radius 2 is 2.27 bits per heavy atom. The molecule has 0 amide bonds. The third-order valence-corrected chi connectivity index (χ3v) is 3.45. The molecule has 7 heteroatoms. The van der Waals surface area contributed by atoms with Gasteiger partial charge in [0.05, 0.1) is 12.3 Å². The minimum absolute atomic E-state index is 0.138. The van der Waals surface area contributed by atoms with E-state index in [1.807, 2.05) is 13.0 Å². The lowest BCUT2D eigenvalue weighted by Crippen LogP contribution is -2.14. The molecule has 0 saturated carbocycles. The van der Waals surface area contributed by atoms with Gasteiger partial charge in [0, 0.05) is 5.56 Å². The van der Waals surface area contributed by atoms with Crippen LogP contribution in [-0.2, 0) is 0 Å². The van der Waals surface area contributed by atoms with Crippen molar-refractivity contribution in [3.05, 3.63) is 39.9 Å². The summed E-state index contributed by atoms with van der Waals surface area (Å²) in [5.74, 6) is -0.415. The summed E-state index contributed by atoms with van der Waals surface area (Å²) >= 11 is 1.23. The Labute approximate surface area is 131 Å². The minimum atomic E-state index is -0.553. The quantitative estimate of drug-likeness (QED) is 0.677. The highest BCUT2D eigenvalue weighted by atomic mass is 32.2. The molecular formula is C15H14FN3O2S. The smallest absolute Gasteiger partial charge is 0.270 e. The molecule has 1 aromatic carbocycles. The lowest BCUT2D eigenvalue weighted by atomic mass is 10.1. The summed E-state index contributed by atoms with van der Waals surface area (Å²) in [6.07, 6.45) is 2.52. The summed E-state index contributed by atoms with van der Waals surface area (Å²) in [6, 6.07) is 6.09. The van der Waals surface area contributed by atoms with E-state index >= 15 is 0 Å². The van der Waals surface area contributed by atoms with Crippen molar-refractivity contribution in [2.75, 3.05) is 12.9 Å². The number of hydrogen-bond donors (Lipinski definition) is 1. The van der Waals surface area contributed by atoms with E-state index in [0.29, 0.717) is 17.3 Å². The van der Waals surface area contributed by atoms with Crippen LogP contribution in [0.1, 0.15) is 18.9 Å². The van der Waals surface area contributed by atoms with Crippen molar-refractivity contribution >= 4 is 11.8 Å². The Morgan fingerprint density at radius 3 is 2.86 bits per heavy atom. The SMILES string of the molecule is CCCOc1ccc(-c2nc(SC)[nH]c(=O)c2C#N)cc1F. The number of nitrogens with zero attached hydrogens (tertiary/aromatic N) is 2. The molecule has 0 aliphatic heterocycles. The predicted molar refractivity (Wildman–Crippen MR) is 82.5 cm³/mol. The Balaban J connectivity index is 2.52. The van der Waals surface area contributed by atoms with Gasteiger partial charge in [-0.05, 0) is 30.9 Å². The van der Waals surface area contributed by atoms with E-state index in [0.717, 1.165) is 6.42 Å². The molecule has 0 atom stereocenters. The highest BCUT2D eigenvalue weighted by molar-refractivity contribution is 7.98. The van der Waals surface area contributed by atoms with Crippen LogP contribution < -0.4 is 10.3 Å². The lowest BCUT2D eigenvalue weighted by molar-refractivity contribution is 0.301. The molecule has 1 N–H and O–H groups in total. The van der Waals surface area contributed by atoms with Gasteiger partial charge in [0.1, 0.15) is 11.6 Å². The second-order valence-corrected chi connectivity index (χ2v) is 5.20. The maximum absolute atomic E-state index is 14.1. The second kappa shape index (κ2) is 7.09. The number of H-pyrrole nitrogens is 1. The van der Waals surface area contributed by atoms with E-state index in [4.69, 9.17) is 10.00 Å². The van der Waals surface area contributed by atoms with Crippen molar-refractivity contribution in [1.82, 2.24) is 9.97 Å². The van der Waals surface area contributed by atoms with Gasteiger partial charge < -0.3 is 9.72 Å². The molecule has 0 unspecified atom stereocenters. The summed E-state index contributed by atoms with van der Waals surface area (Å²) in [4.78, 5) is 18.6. The van der Waals surface area contributed by atoms with Crippen LogP contribution in [0.5, 0.6) is 5.75 Å². The largest absolute Gasteiger partial charge is 0.491 e. The molecule has 1 heterocycles. The maximum atomic E-state index is 14.1. The van der Waals surface area contributed by atoms with Crippen LogP contribution in [0.15, 0.2) is 28.2 Å². The molecule has 2 aromatic rings. The number of hydrogen-bond acceptors (Lipinski definition) is 5. The van der Waals surface area contributed by atoms with Gasteiger partial charge in [0.2, 0.25) is 0 Å². The molecule has 22 heavy (non-hydrogen) atoms. The number of benzene rings is 1. The zero-order valence-corrected chi connectivity index (χ0v) is 13.0. The number of rotatable bonds is 5. The second-order valence-electron chi connectivity index (χ2n) is 4.40. The van der Waals surface area contributed by atoms with E-state index in [2.05, 4.69) is 9.97 Å². The Hall–Kier alpha value is -2.33. The molecule has 2 rings (SSSR count). The number of halogens is 1. The third-order valence-electron chi connectivity index (χ3n) is 2.87. The summed E-state index contributed by atoms with van der Waals surface area (Å²) in [6.45, 7) is 2.34. The summed E-state index contributed by atoms with van der Waals surface area (Å²) in [7, 11) is 0. The number of ether oxygens (including phenoxy) is 1. The summed E-state index contributed by atoms with van der Waals surface area (Å²) in [5, 5.41) is 9.50. The molecule has 114 valence electrons. The van der Waals surface area contributed by atoms with Crippen LogP contribution in [0.2, 0.25) is 0 Å². The van der Waals surface area contributed by atoms with Crippen LogP contribution in [0, 0.1) is 17.1 Å². The monoisotopic (exact) mass is 319 g/mol. The fourth-order valence-electron chi connectivity index (χ4n) is 1.84. The van der Waals surface area contributed by atoms with E-state index < -0.39 is 11.4 Å². The van der Waals surface area contributed by atoms with Gasteiger partial charge in [-0.1, -0.05) is 18.7 Å². The van der Waals surface area contributed by atoms with Gasteiger partial charge in [0.25, 0.3) is 5.56 Å². The van der Waals surface area contributed by atoms with E-state index in [1.165, 1.54) is 23.9 Å². The van der Waals surface area contributed by atoms with Crippen molar-refractivity contribution < 1.29 is 9.13 Å². The average Bonchev–Trinajstić information content (AvgIpc) is 2.52. The molecule has 0 fully saturated rings. The first-order chi connectivity index (χ1) is 10.6. The van der Waals surface area contributed by atoms with Crippen LogP contribution in [-0.4, -0.2) is 22.8 Å². The van der Waals surface area contributed by atoms with Crippen molar-refractivity contribution in [2.45, 2.75) is 18.5 Å². The zero-order valence-electron chi connectivity index (χ0n) is 12.1. The van der Waals surface area contributed by atoms with Crippen molar-refractivity contribution in [1.29, 1.82) is 5.26 Å². The fraction of sp³-hybridized carbons (Fsp3) is 0.267. The molecule has 0 saturated heterocycles. The van der Waals surface area contributed by atoms with Crippen molar-refractivity contribution in [2.24, 2.45) is 0 Å². The Kier molecular flexibility index (Phi) is 5.17. The molecule has 0 bridgehead atoms. The van der Waals surface area contributed by atoms with Gasteiger partial charge in [-0.15, -0.1) is 0 Å². The van der Waals surface area contributed by atoms with Gasteiger partial charge in [0.15, 0.2) is 16.7 Å². The predicted octanol–water partition coefficient (Wildman–Crippen LogP) is 2.96. The van der Waals surface area contributed by atoms with Gasteiger partial charge in [-0.25, -0.2) is 9.37 Å². The minimum Gasteiger partial charge on any atom is -0.491 e. The maximum Gasteiger partial charge on any atom is 0.270 e. The standard InChI is InChI=1S/C15H14FN3O2S/c1-3-6-21-12-5-4-9(7-11(12)16)13-10(8-17)14(20)19-15(18-13)22-2/h4-5,7H,3,6H2,1-2H3,(H,18,19,20). The summed E-state index contributed by atoms with van der Waals surface area (Å²) in [5.41, 5.74) is -0.154. The van der Waals surface area contributed by atoms with Crippen molar-refractivity contribution in [3.8, 4) is 23.1 Å². The molecule has 0 spiro atoms. The van der Waals surface area contributed by atoms with Crippen LogP contribution >= 0.6 is 11.8 Å². The third kappa shape index (κ3) is 3.28. The first kappa shape index (κ1) is 16.0. The van der Waals surface area contributed by atoms with E-state index in [9.17, 15) is 9.18 Å². The van der Waals surface area contributed by atoms with Crippen LogP contribution in [0.3, 0.4) is 0 Å². The normalized spacial score (nSPS) is 10.3. The number of nitriles is 1. The molecule has 0 aliphatic carbocycles. The number of aromatic nitrogens is 2. The Bertz CT molecular complexity index is 783. The zero-order chi connectivity index (χ0) is 16.1. The van der Waals surface area contributed by atoms with Crippen molar-refractivity contribution in [3.63, 3.8) is 0 Å². The molecule has 5 nitrogen and oxygen atoms in total. The van der Waals surface area contributed by atoms with E-state index in [-0.39, 0.29) is 17.0 Å². The molecule has 0 radical (unpaired) electrons. The van der Waals surface area contributed by atoms with Gasteiger partial charge in [-0.3, -0.25) is 4.79 Å². The lowest BCUT2D eigenvalue weighted by Gasteiger charge is -2.09. The molecule has 1 aromatic heterocycles. The molecule has 0 aliphatic rings. The van der Waals surface area contributed by atoms with Crippen LogP contribution in [0.25, 0.3) is 11.3 Å². The first-order valence-electron chi connectivity index (χ1n) is 6.61. The number of nitrogens with one attached hydrogen (secondary N) is 1. The van der Waals surface area contributed by atoms with Gasteiger partial charge >= 0.3 is 0 Å². The highest BCUT2D eigenvalue weighted by Gasteiger charge is 2.15. The Morgan fingerprint density at radius 1 is 1.50 bits per heavy atom. The molecular weight excluding hydrogens is 305 g/mol. The van der Waals surface area contributed by atoms with Crippen LogP contribution in [0.4, 0.5) is 4.39 Å². The fourth-order valence-corrected chi connectivity index (χ4v) is 2.22. The van der Waals surface area contributed by atoms with E-state index in [1.54, 1.807) is 12.3 Å². The number of thioether (sulfide) groups is 1. The highest BCUT2D eigenvalue weighted by Crippen LogP contribution is 2.26. The van der Waals surface area contributed by atoms with Gasteiger partial charge in [-0.2, -0.15) is 5.26 Å². The average molecular weight is 319 g/mol. The number of aromatic amines is 1. The topological polar surface area (TPSA) is 78.8 Å². The first-order valence-corrected chi connectivity index (χ1v) is 7.84. The summed E-state index contributed by atoms with van der Waals surface area (Å²) < 4.78 is 19.3.